The molecule has 1 fully saturated rings. The van der Waals surface area contributed by atoms with Gasteiger partial charge in [-0.1, -0.05) is 30.3 Å². The first-order chi connectivity index (χ1) is 13.2. The summed E-state index contributed by atoms with van der Waals surface area (Å²) in [6, 6.07) is 18.4. The summed E-state index contributed by atoms with van der Waals surface area (Å²) >= 11 is 0. The molecule has 1 amide bonds. The molecule has 3 N–H and O–H groups in total. The Morgan fingerprint density at radius 1 is 1.00 bits per heavy atom. The van der Waals surface area contributed by atoms with E-state index in [2.05, 4.69) is 17.4 Å². The molecule has 1 heterocycles. The molecule has 2 aromatic carbocycles. The van der Waals surface area contributed by atoms with Gasteiger partial charge in [-0.15, -0.1) is 0 Å². The summed E-state index contributed by atoms with van der Waals surface area (Å²) in [6.45, 7) is 7.94. The van der Waals surface area contributed by atoms with Crippen molar-refractivity contribution in [2.45, 2.75) is 26.1 Å². The van der Waals surface area contributed by atoms with Gasteiger partial charge in [-0.3, -0.25) is 4.79 Å². The lowest BCUT2D eigenvalue weighted by Gasteiger charge is -2.32. The number of carbonyl (C=O) groups excluding carboxylic acids is 1. The van der Waals surface area contributed by atoms with Crippen LogP contribution < -0.4 is 19.9 Å². The summed E-state index contributed by atoms with van der Waals surface area (Å²) < 4.78 is 5.22. The number of nitrogens with one attached hydrogen (secondary N) is 3. The maximum Gasteiger partial charge on any atom is 0.278 e. The van der Waals surface area contributed by atoms with E-state index in [4.69, 9.17) is 4.74 Å². The molecule has 0 aliphatic carbocycles. The zero-order chi connectivity index (χ0) is 19.1. The number of rotatable bonds is 7. The first-order valence-electron chi connectivity index (χ1n) is 9.78. The SMILES string of the molecule is COc1ccc(C[NH+]2CC[NH+]([C@H](C)C(=O)NCc3ccccc3)CC2)cc1. The van der Waals surface area contributed by atoms with Gasteiger partial charge in [0.15, 0.2) is 6.04 Å². The standard InChI is InChI=1S/C22H29N3O2/c1-18(22(26)23-16-19-6-4-3-5-7-19)25-14-12-24(13-15-25)17-20-8-10-21(27-2)11-9-20/h3-11,18H,12-17H2,1-2H3,(H,23,26)/p+2/t18-/m1/s1. The Hall–Kier alpha value is -2.37. The minimum absolute atomic E-state index is 0.00347. The molecule has 1 saturated heterocycles. The Balaban J connectivity index is 1.42. The van der Waals surface area contributed by atoms with Crippen LogP contribution in [0.25, 0.3) is 0 Å². The van der Waals surface area contributed by atoms with E-state index < -0.39 is 0 Å². The van der Waals surface area contributed by atoms with Gasteiger partial charge in [0, 0.05) is 12.1 Å². The van der Waals surface area contributed by atoms with Gasteiger partial charge in [-0.25, -0.2) is 0 Å². The van der Waals surface area contributed by atoms with Crippen LogP contribution >= 0.6 is 0 Å². The highest BCUT2D eigenvalue weighted by atomic mass is 16.5. The molecule has 1 atom stereocenters. The third-order valence-electron chi connectivity index (χ3n) is 5.53. The zero-order valence-electron chi connectivity index (χ0n) is 16.3. The van der Waals surface area contributed by atoms with E-state index in [1.54, 1.807) is 12.0 Å². The Bertz CT molecular complexity index is 710. The van der Waals surface area contributed by atoms with Gasteiger partial charge in [0.05, 0.1) is 7.11 Å². The molecule has 0 aromatic heterocycles. The fourth-order valence-electron chi connectivity index (χ4n) is 3.69. The molecule has 0 unspecified atom stereocenters. The number of quaternary nitrogens is 2. The van der Waals surface area contributed by atoms with Crippen LogP contribution in [0.5, 0.6) is 5.75 Å². The molecule has 1 aliphatic rings. The molecule has 2 aromatic rings. The van der Waals surface area contributed by atoms with Crippen molar-refractivity contribution in [2.75, 3.05) is 33.3 Å². The summed E-state index contributed by atoms with van der Waals surface area (Å²) in [4.78, 5) is 15.5. The molecule has 5 nitrogen and oxygen atoms in total. The fraction of sp³-hybridized carbons (Fsp3) is 0.409. The van der Waals surface area contributed by atoms with Gasteiger partial charge in [0.2, 0.25) is 0 Å². The van der Waals surface area contributed by atoms with E-state index in [0.717, 1.165) is 44.0 Å². The minimum atomic E-state index is -0.00347. The van der Waals surface area contributed by atoms with Crippen LogP contribution in [0.3, 0.4) is 0 Å². The number of benzene rings is 2. The molecular formula is C22H31N3O2+2. The van der Waals surface area contributed by atoms with E-state index in [1.165, 1.54) is 10.5 Å². The highest BCUT2D eigenvalue weighted by Gasteiger charge is 2.30. The Labute approximate surface area is 161 Å². The molecular weight excluding hydrogens is 338 g/mol. The third kappa shape index (κ3) is 5.55. The second kappa shape index (κ2) is 9.53. The summed E-state index contributed by atoms with van der Waals surface area (Å²) in [6.07, 6.45) is 0. The molecule has 3 rings (SSSR count). The Morgan fingerprint density at radius 3 is 2.30 bits per heavy atom. The predicted octanol–water partition coefficient (Wildman–Crippen LogP) is -0.316. The molecule has 0 radical (unpaired) electrons. The number of hydrogen-bond donors (Lipinski definition) is 3. The smallest absolute Gasteiger partial charge is 0.278 e. The van der Waals surface area contributed by atoms with Gasteiger partial charge < -0.3 is 19.9 Å². The number of amides is 1. The summed E-state index contributed by atoms with van der Waals surface area (Å²) in [5.41, 5.74) is 2.48. The number of ether oxygens (including phenoxy) is 1. The van der Waals surface area contributed by atoms with Crippen molar-refractivity contribution in [3.8, 4) is 5.75 Å². The second-order valence-electron chi connectivity index (χ2n) is 7.36. The largest absolute Gasteiger partial charge is 0.497 e. The first kappa shape index (κ1) is 19.4. The molecule has 144 valence electrons. The second-order valence-corrected chi connectivity index (χ2v) is 7.36. The zero-order valence-corrected chi connectivity index (χ0v) is 16.3. The van der Waals surface area contributed by atoms with Crippen molar-refractivity contribution < 1.29 is 19.3 Å². The van der Waals surface area contributed by atoms with E-state index in [-0.39, 0.29) is 11.9 Å². The lowest BCUT2D eigenvalue weighted by atomic mass is 10.1. The average Bonchev–Trinajstić information content (AvgIpc) is 2.73. The van der Waals surface area contributed by atoms with Crippen molar-refractivity contribution >= 4 is 5.91 Å². The van der Waals surface area contributed by atoms with Crippen LogP contribution in [-0.4, -0.2) is 45.2 Å². The number of carbonyl (C=O) groups is 1. The van der Waals surface area contributed by atoms with Crippen molar-refractivity contribution in [3.63, 3.8) is 0 Å². The van der Waals surface area contributed by atoms with Crippen molar-refractivity contribution in [1.29, 1.82) is 0 Å². The van der Waals surface area contributed by atoms with Gasteiger partial charge in [0.25, 0.3) is 5.91 Å². The molecule has 1 aliphatic heterocycles. The summed E-state index contributed by atoms with van der Waals surface area (Å²) in [5, 5.41) is 3.08. The topological polar surface area (TPSA) is 47.2 Å². The molecule has 5 heteroatoms. The lowest BCUT2D eigenvalue weighted by Crippen LogP contribution is -3.29. The van der Waals surface area contributed by atoms with Crippen molar-refractivity contribution in [3.05, 3.63) is 65.7 Å². The summed E-state index contributed by atoms with van der Waals surface area (Å²) in [7, 11) is 1.69. The van der Waals surface area contributed by atoms with Crippen LogP contribution in [0, 0.1) is 0 Å². The van der Waals surface area contributed by atoms with E-state index >= 15 is 0 Å². The maximum atomic E-state index is 12.5. The molecule has 27 heavy (non-hydrogen) atoms. The number of methoxy groups -OCH3 is 1. The van der Waals surface area contributed by atoms with Crippen molar-refractivity contribution in [1.82, 2.24) is 5.32 Å². The Kier molecular flexibility index (Phi) is 6.85. The number of hydrogen-bond acceptors (Lipinski definition) is 2. The average molecular weight is 370 g/mol. The summed E-state index contributed by atoms with van der Waals surface area (Å²) in [5.74, 6) is 1.05. The van der Waals surface area contributed by atoms with Crippen LogP contribution in [0.1, 0.15) is 18.1 Å². The van der Waals surface area contributed by atoms with E-state index in [9.17, 15) is 4.79 Å². The Morgan fingerprint density at radius 2 is 1.67 bits per heavy atom. The number of piperazine rings is 1. The minimum Gasteiger partial charge on any atom is -0.497 e. The fourth-order valence-corrected chi connectivity index (χ4v) is 3.69. The van der Waals surface area contributed by atoms with Gasteiger partial charge in [-0.2, -0.15) is 0 Å². The van der Waals surface area contributed by atoms with E-state index in [1.807, 2.05) is 49.4 Å². The van der Waals surface area contributed by atoms with Crippen LogP contribution in [0.4, 0.5) is 0 Å². The van der Waals surface area contributed by atoms with Crippen LogP contribution in [-0.2, 0) is 17.9 Å². The van der Waals surface area contributed by atoms with Gasteiger partial charge >= 0.3 is 0 Å². The molecule has 0 saturated carbocycles. The van der Waals surface area contributed by atoms with E-state index in [0.29, 0.717) is 6.54 Å². The monoisotopic (exact) mass is 369 g/mol. The highest BCUT2D eigenvalue weighted by molar-refractivity contribution is 5.79. The maximum absolute atomic E-state index is 12.5. The van der Waals surface area contributed by atoms with Gasteiger partial charge in [-0.05, 0) is 36.8 Å². The lowest BCUT2D eigenvalue weighted by molar-refractivity contribution is -1.02. The highest BCUT2D eigenvalue weighted by Crippen LogP contribution is 2.10. The van der Waals surface area contributed by atoms with Crippen LogP contribution in [0.15, 0.2) is 54.6 Å². The quantitative estimate of drug-likeness (QED) is 0.627. The molecule has 0 bridgehead atoms. The van der Waals surface area contributed by atoms with Crippen molar-refractivity contribution in [2.24, 2.45) is 0 Å². The molecule has 0 spiro atoms. The van der Waals surface area contributed by atoms with Crippen LogP contribution in [0.2, 0.25) is 0 Å². The predicted molar refractivity (Wildman–Crippen MR) is 106 cm³/mol. The first-order valence-corrected chi connectivity index (χ1v) is 9.78. The van der Waals surface area contributed by atoms with Gasteiger partial charge in [0.1, 0.15) is 38.5 Å². The third-order valence-corrected chi connectivity index (χ3v) is 5.53. The normalized spacial score (nSPS) is 20.7.